The molecule has 0 aliphatic heterocycles. The Labute approximate surface area is 188 Å². The molecular weight excluding hydrogens is 424 g/mol. The van der Waals surface area contributed by atoms with E-state index in [4.69, 9.17) is 11.6 Å². The maximum Gasteiger partial charge on any atom is 0.275 e. The number of rotatable bonds is 6. The Morgan fingerprint density at radius 1 is 0.969 bits per heavy atom. The van der Waals surface area contributed by atoms with Crippen molar-refractivity contribution in [3.8, 4) is 11.1 Å². The molecular formula is C24H19ClN6O. The zero-order valence-electron chi connectivity index (χ0n) is 17.0. The number of anilines is 1. The molecule has 8 heteroatoms. The van der Waals surface area contributed by atoms with E-state index in [2.05, 4.69) is 25.4 Å². The number of aromatic amines is 1. The van der Waals surface area contributed by atoms with Crippen LogP contribution in [0.2, 0.25) is 5.02 Å². The van der Waals surface area contributed by atoms with Gasteiger partial charge < -0.3 is 10.3 Å². The second-order valence-electron chi connectivity index (χ2n) is 7.36. The Morgan fingerprint density at radius 2 is 1.78 bits per heavy atom. The highest BCUT2D eigenvalue weighted by atomic mass is 35.5. The quantitative estimate of drug-likeness (QED) is 0.408. The van der Waals surface area contributed by atoms with E-state index in [9.17, 15) is 4.79 Å². The maximum absolute atomic E-state index is 12.5. The van der Waals surface area contributed by atoms with Gasteiger partial charge in [-0.1, -0.05) is 48.0 Å². The summed E-state index contributed by atoms with van der Waals surface area (Å²) in [4.78, 5) is 24.2. The molecule has 0 fully saturated rings. The molecule has 0 spiro atoms. The third-order valence-electron chi connectivity index (χ3n) is 5.12. The fourth-order valence-corrected chi connectivity index (χ4v) is 3.72. The lowest BCUT2D eigenvalue weighted by atomic mass is 10.0. The molecule has 0 amide bonds. The number of nitrogens with one attached hydrogen (secondary N) is 2. The van der Waals surface area contributed by atoms with Crippen molar-refractivity contribution in [3.63, 3.8) is 0 Å². The van der Waals surface area contributed by atoms with Gasteiger partial charge in [0.15, 0.2) is 0 Å². The van der Waals surface area contributed by atoms with Crippen LogP contribution in [0.4, 0.5) is 5.95 Å². The molecule has 32 heavy (non-hydrogen) atoms. The highest BCUT2D eigenvalue weighted by molar-refractivity contribution is 6.31. The number of pyridine rings is 1. The van der Waals surface area contributed by atoms with E-state index in [1.165, 1.54) is 4.52 Å². The summed E-state index contributed by atoms with van der Waals surface area (Å²) in [6.45, 7) is 0.416. The third kappa shape index (κ3) is 4.24. The molecule has 0 aliphatic carbocycles. The Hall–Kier alpha value is -3.97. The summed E-state index contributed by atoms with van der Waals surface area (Å²) in [5, 5.41) is 8.09. The number of nitrogens with zero attached hydrogens (tertiary/aromatic N) is 4. The van der Waals surface area contributed by atoms with Crippen LogP contribution in [0.1, 0.15) is 16.8 Å². The molecule has 2 N–H and O–H groups in total. The number of hydrogen-bond acceptors (Lipinski definition) is 5. The van der Waals surface area contributed by atoms with Gasteiger partial charge in [0.2, 0.25) is 11.7 Å². The highest BCUT2D eigenvalue weighted by Gasteiger charge is 2.10. The van der Waals surface area contributed by atoms with Crippen LogP contribution in [0.15, 0.2) is 83.9 Å². The molecule has 7 nitrogen and oxygen atoms in total. The molecule has 0 unspecified atom stereocenters. The lowest BCUT2D eigenvalue weighted by molar-refractivity contribution is 0.877. The zero-order valence-corrected chi connectivity index (χ0v) is 17.8. The Bertz CT molecular complexity index is 1430. The number of benzene rings is 2. The summed E-state index contributed by atoms with van der Waals surface area (Å²) in [7, 11) is 0. The van der Waals surface area contributed by atoms with Crippen molar-refractivity contribution >= 4 is 23.3 Å². The standard InChI is InChI=1S/C24H19ClN6O/c25-21-7-6-18(17-8-10-26-11-9-17)13-19(21)15-27-23-29-24-28-20(14-22(32)31(24)30-23)12-16-4-2-1-3-5-16/h1-11,13-14H,12,15H2,(H2,27,28,29,30). The fourth-order valence-electron chi connectivity index (χ4n) is 3.53. The molecule has 0 aliphatic rings. The van der Waals surface area contributed by atoms with Crippen molar-refractivity contribution in [2.24, 2.45) is 0 Å². The van der Waals surface area contributed by atoms with Gasteiger partial charge in [-0.25, -0.2) is 0 Å². The number of aromatic nitrogens is 5. The van der Waals surface area contributed by atoms with E-state index in [1.54, 1.807) is 18.5 Å². The Kier molecular flexibility index (Phi) is 5.39. The normalized spacial score (nSPS) is 11.0. The van der Waals surface area contributed by atoms with Crippen molar-refractivity contribution in [1.82, 2.24) is 24.6 Å². The van der Waals surface area contributed by atoms with Crippen molar-refractivity contribution in [1.29, 1.82) is 0 Å². The van der Waals surface area contributed by atoms with Gasteiger partial charge in [-0.2, -0.15) is 9.50 Å². The van der Waals surface area contributed by atoms with Crippen LogP contribution < -0.4 is 10.9 Å². The minimum Gasteiger partial charge on any atom is -0.349 e. The van der Waals surface area contributed by atoms with Gasteiger partial charge in [0.1, 0.15) is 0 Å². The first-order valence-corrected chi connectivity index (χ1v) is 10.5. The molecule has 158 valence electrons. The molecule has 5 aromatic rings. The van der Waals surface area contributed by atoms with Crippen LogP contribution in [0.3, 0.4) is 0 Å². The first kappa shape index (κ1) is 20.0. The lowest BCUT2D eigenvalue weighted by Gasteiger charge is -2.08. The minimum atomic E-state index is -0.233. The molecule has 0 atom stereocenters. The molecule has 5 rings (SSSR count). The minimum absolute atomic E-state index is 0.233. The number of halogens is 1. The van der Waals surface area contributed by atoms with Gasteiger partial charge in [-0.15, -0.1) is 5.10 Å². The van der Waals surface area contributed by atoms with Crippen LogP contribution in [-0.2, 0) is 13.0 Å². The third-order valence-corrected chi connectivity index (χ3v) is 5.49. The fraction of sp³-hybridized carbons (Fsp3) is 0.0833. The summed E-state index contributed by atoms with van der Waals surface area (Å²) in [5.41, 5.74) is 4.64. The predicted octanol–water partition coefficient (Wildman–Crippen LogP) is 4.34. The Balaban J connectivity index is 1.37. The van der Waals surface area contributed by atoms with Crippen LogP contribution >= 0.6 is 11.6 Å². The van der Waals surface area contributed by atoms with E-state index in [0.29, 0.717) is 29.7 Å². The number of fused-ring (bicyclic) bond motifs is 1. The van der Waals surface area contributed by atoms with Gasteiger partial charge in [0, 0.05) is 42.1 Å². The molecule has 0 radical (unpaired) electrons. The molecule has 0 saturated heterocycles. The summed E-state index contributed by atoms with van der Waals surface area (Å²) < 4.78 is 1.26. The van der Waals surface area contributed by atoms with E-state index in [1.807, 2.05) is 60.7 Å². The van der Waals surface area contributed by atoms with Crippen LogP contribution in [0, 0.1) is 0 Å². The van der Waals surface area contributed by atoms with Crippen molar-refractivity contribution in [3.05, 3.63) is 111 Å². The maximum atomic E-state index is 12.5. The van der Waals surface area contributed by atoms with E-state index in [-0.39, 0.29) is 5.56 Å². The number of H-pyrrole nitrogens is 1. The molecule has 0 saturated carbocycles. The first-order valence-electron chi connectivity index (χ1n) is 10.1. The summed E-state index contributed by atoms with van der Waals surface area (Å²) in [6.07, 6.45) is 4.12. The van der Waals surface area contributed by atoms with Crippen LogP contribution in [-0.4, -0.2) is 24.6 Å². The molecule has 3 aromatic heterocycles. The van der Waals surface area contributed by atoms with Gasteiger partial charge in [0.05, 0.1) is 0 Å². The molecule has 0 bridgehead atoms. The van der Waals surface area contributed by atoms with Crippen molar-refractivity contribution in [2.45, 2.75) is 13.0 Å². The smallest absolute Gasteiger partial charge is 0.275 e. The van der Waals surface area contributed by atoms with E-state index in [0.717, 1.165) is 27.9 Å². The first-order chi connectivity index (χ1) is 15.7. The van der Waals surface area contributed by atoms with Gasteiger partial charge in [0.25, 0.3) is 5.56 Å². The van der Waals surface area contributed by atoms with Crippen molar-refractivity contribution in [2.75, 3.05) is 5.32 Å². The SMILES string of the molecule is O=c1cc(Cc2ccccc2)[nH]c2nc(NCc3cc(-c4ccncc4)ccc3Cl)nn12. The lowest BCUT2D eigenvalue weighted by Crippen LogP contribution is -2.16. The summed E-state index contributed by atoms with van der Waals surface area (Å²) in [5.74, 6) is 0.739. The highest BCUT2D eigenvalue weighted by Crippen LogP contribution is 2.25. The van der Waals surface area contributed by atoms with Crippen LogP contribution in [0.25, 0.3) is 16.9 Å². The second-order valence-corrected chi connectivity index (χ2v) is 7.77. The van der Waals surface area contributed by atoms with Crippen LogP contribution in [0.5, 0.6) is 0 Å². The Morgan fingerprint density at radius 3 is 2.59 bits per heavy atom. The summed E-state index contributed by atoms with van der Waals surface area (Å²) in [6, 6.07) is 21.2. The zero-order chi connectivity index (χ0) is 21.9. The summed E-state index contributed by atoms with van der Waals surface area (Å²) >= 11 is 6.40. The van der Waals surface area contributed by atoms with E-state index < -0.39 is 0 Å². The largest absolute Gasteiger partial charge is 0.349 e. The second kappa shape index (κ2) is 8.64. The monoisotopic (exact) mass is 442 g/mol. The van der Waals surface area contributed by atoms with Crippen molar-refractivity contribution < 1.29 is 0 Å². The molecule has 2 aromatic carbocycles. The topological polar surface area (TPSA) is 88.0 Å². The van der Waals surface area contributed by atoms with Gasteiger partial charge in [-0.05, 0) is 46.5 Å². The molecule has 3 heterocycles. The average Bonchev–Trinajstić information content (AvgIpc) is 3.23. The van der Waals surface area contributed by atoms with Gasteiger partial charge in [-0.3, -0.25) is 9.78 Å². The van der Waals surface area contributed by atoms with E-state index >= 15 is 0 Å². The van der Waals surface area contributed by atoms with Gasteiger partial charge >= 0.3 is 0 Å². The number of hydrogen-bond donors (Lipinski definition) is 2. The predicted molar refractivity (Wildman–Crippen MR) is 125 cm³/mol. The average molecular weight is 443 g/mol.